The van der Waals surface area contributed by atoms with Crippen LogP contribution in [0.2, 0.25) is 0 Å². The van der Waals surface area contributed by atoms with Crippen LogP contribution in [0.3, 0.4) is 0 Å². The van der Waals surface area contributed by atoms with Crippen LogP contribution in [0, 0.1) is 24.2 Å². The van der Waals surface area contributed by atoms with Crippen LogP contribution in [0.15, 0.2) is 108 Å². The number of allylic oxidation sites excluding steroid dienone is 4. The zero-order chi connectivity index (χ0) is 32.5. The topological polar surface area (TPSA) is 84.6 Å². The van der Waals surface area contributed by atoms with Gasteiger partial charge in [-0.3, -0.25) is 4.99 Å². The number of terminal acetylenes is 1. The van der Waals surface area contributed by atoms with Gasteiger partial charge in [0.05, 0.1) is 23.1 Å². The van der Waals surface area contributed by atoms with Gasteiger partial charge in [0.2, 0.25) is 0 Å². The van der Waals surface area contributed by atoms with E-state index in [0.717, 1.165) is 52.2 Å². The summed E-state index contributed by atoms with van der Waals surface area (Å²) in [5.74, 6) is 0.652. The lowest BCUT2D eigenvalue weighted by atomic mass is 9.99. The Labute approximate surface area is 259 Å². The van der Waals surface area contributed by atoms with E-state index >= 15 is 0 Å². The molecular formula is C37H46N6. The summed E-state index contributed by atoms with van der Waals surface area (Å²) in [5.41, 5.74) is 10.1. The summed E-state index contributed by atoms with van der Waals surface area (Å²) in [6, 6.07) is 16.4. The normalized spacial score (nSPS) is 13.3. The van der Waals surface area contributed by atoms with Crippen molar-refractivity contribution in [3.8, 4) is 18.9 Å². The Balaban J connectivity index is 0.00000221. The second-order valence-electron chi connectivity index (χ2n) is 9.70. The van der Waals surface area contributed by atoms with Crippen molar-refractivity contribution in [1.82, 2.24) is 10.6 Å². The molecule has 3 rings (SSSR count). The van der Waals surface area contributed by atoms with E-state index in [9.17, 15) is 0 Å². The molecule has 0 saturated carbocycles. The Morgan fingerprint density at radius 1 is 1.07 bits per heavy atom. The van der Waals surface area contributed by atoms with Gasteiger partial charge in [0.15, 0.2) is 0 Å². The first-order valence-corrected chi connectivity index (χ1v) is 14.3. The lowest BCUT2D eigenvalue weighted by molar-refractivity contribution is 0.661. The van der Waals surface area contributed by atoms with Crippen LogP contribution in [0.5, 0.6) is 0 Å². The van der Waals surface area contributed by atoms with Gasteiger partial charge in [0.25, 0.3) is 0 Å². The molecule has 0 aliphatic carbocycles. The van der Waals surface area contributed by atoms with Crippen molar-refractivity contribution in [3.05, 3.63) is 120 Å². The average Bonchev–Trinajstić information content (AvgIpc) is 3.04. The maximum absolute atomic E-state index is 9.06. The lowest BCUT2D eigenvalue weighted by Crippen LogP contribution is -2.21. The summed E-state index contributed by atoms with van der Waals surface area (Å²) >= 11 is 0. The number of anilines is 1. The van der Waals surface area contributed by atoms with Gasteiger partial charge in [-0.25, -0.2) is 4.99 Å². The number of fused-ring (bicyclic) bond motifs is 1. The highest BCUT2D eigenvalue weighted by molar-refractivity contribution is 6.13. The van der Waals surface area contributed by atoms with E-state index in [-0.39, 0.29) is 6.04 Å². The molecule has 2 aromatic rings. The zero-order valence-electron chi connectivity index (χ0n) is 26.6. The van der Waals surface area contributed by atoms with E-state index in [0.29, 0.717) is 29.4 Å². The molecule has 224 valence electrons. The molecule has 0 unspecified atom stereocenters. The quantitative estimate of drug-likeness (QED) is 0.0876. The fraction of sp³-hybridized carbons (Fsp3) is 0.270. The molecule has 2 aromatic carbocycles. The number of aliphatic imine (C=N–C) groups is 2. The Morgan fingerprint density at radius 3 is 2.33 bits per heavy atom. The monoisotopic (exact) mass is 574 g/mol. The second kappa shape index (κ2) is 18.4. The van der Waals surface area contributed by atoms with Crippen LogP contribution >= 0.6 is 0 Å². The van der Waals surface area contributed by atoms with Crippen LogP contribution in [-0.2, 0) is 13.0 Å². The number of hydrogen-bond donors (Lipinski definition) is 3. The van der Waals surface area contributed by atoms with E-state index in [1.807, 2.05) is 58.0 Å². The fourth-order valence-corrected chi connectivity index (χ4v) is 4.11. The van der Waals surface area contributed by atoms with E-state index in [1.54, 1.807) is 7.05 Å². The van der Waals surface area contributed by atoms with Gasteiger partial charge in [-0.15, -0.1) is 12.8 Å². The van der Waals surface area contributed by atoms with Gasteiger partial charge in [-0.1, -0.05) is 76.6 Å². The first kappa shape index (κ1) is 36.0. The Kier molecular flexibility index (Phi) is 15.4. The average molecular weight is 575 g/mol. The molecule has 0 saturated heterocycles. The van der Waals surface area contributed by atoms with Gasteiger partial charge in [0, 0.05) is 36.7 Å². The highest BCUT2D eigenvalue weighted by Gasteiger charge is 2.13. The predicted molar refractivity (Wildman–Crippen MR) is 187 cm³/mol. The van der Waals surface area contributed by atoms with Crippen LogP contribution < -0.4 is 16.0 Å². The number of aryl methyl sites for hydroxylation is 1. The third-order valence-electron chi connectivity index (χ3n) is 6.72. The number of rotatable bonds is 10. The second-order valence-corrected chi connectivity index (χ2v) is 9.70. The van der Waals surface area contributed by atoms with E-state index in [1.165, 1.54) is 5.56 Å². The highest BCUT2D eigenvalue weighted by atomic mass is 15.0. The molecule has 3 N–H and O–H groups in total. The van der Waals surface area contributed by atoms with Gasteiger partial charge < -0.3 is 16.0 Å². The Hall–Kier alpha value is -5.07. The van der Waals surface area contributed by atoms with Crippen molar-refractivity contribution in [2.75, 3.05) is 12.4 Å². The van der Waals surface area contributed by atoms with Gasteiger partial charge in [-0.2, -0.15) is 5.26 Å². The van der Waals surface area contributed by atoms with Gasteiger partial charge in [-0.05, 0) is 73.6 Å². The number of amidine groups is 1. The fourth-order valence-electron chi connectivity index (χ4n) is 4.11. The van der Waals surface area contributed by atoms with Crippen molar-refractivity contribution in [1.29, 1.82) is 5.26 Å². The summed E-state index contributed by atoms with van der Waals surface area (Å²) in [7, 11) is 1.72. The largest absolute Gasteiger partial charge is 0.380 e. The molecular weight excluding hydrogens is 528 g/mol. The molecule has 1 heterocycles. The first-order valence-electron chi connectivity index (χ1n) is 14.3. The smallest absolute Gasteiger partial charge is 0.120 e. The number of nitriles is 1. The van der Waals surface area contributed by atoms with Gasteiger partial charge >= 0.3 is 0 Å². The molecule has 6 nitrogen and oxygen atoms in total. The summed E-state index contributed by atoms with van der Waals surface area (Å²) in [4.78, 5) is 8.88. The van der Waals surface area contributed by atoms with Crippen molar-refractivity contribution >= 4 is 22.8 Å². The minimum atomic E-state index is 0.0135. The van der Waals surface area contributed by atoms with Crippen LogP contribution in [0.1, 0.15) is 69.3 Å². The molecule has 0 spiro atoms. The number of nitrogens with zero attached hydrogens (tertiary/aromatic N) is 3. The van der Waals surface area contributed by atoms with Crippen LogP contribution in [-0.4, -0.2) is 18.6 Å². The number of nitrogens with one attached hydrogen (secondary N) is 3. The summed E-state index contributed by atoms with van der Waals surface area (Å²) in [5, 5.41) is 19.3. The van der Waals surface area contributed by atoms with Gasteiger partial charge in [0.1, 0.15) is 5.84 Å². The first-order chi connectivity index (χ1) is 20.6. The van der Waals surface area contributed by atoms with Crippen molar-refractivity contribution in [3.63, 3.8) is 0 Å². The van der Waals surface area contributed by atoms with Crippen molar-refractivity contribution < 1.29 is 0 Å². The molecule has 0 fully saturated rings. The Bertz CT molecular complexity index is 1460. The van der Waals surface area contributed by atoms with Crippen LogP contribution in [0.4, 0.5) is 5.69 Å². The third kappa shape index (κ3) is 11.0. The molecule has 0 bridgehead atoms. The zero-order valence-corrected chi connectivity index (χ0v) is 26.6. The predicted octanol–water partition coefficient (Wildman–Crippen LogP) is 8.27. The Morgan fingerprint density at radius 2 is 1.72 bits per heavy atom. The molecule has 43 heavy (non-hydrogen) atoms. The maximum atomic E-state index is 9.06. The third-order valence-corrected chi connectivity index (χ3v) is 6.72. The van der Waals surface area contributed by atoms with Crippen molar-refractivity contribution in [2.45, 2.75) is 60.0 Å². The van der Waals surface area contributed by atoms with Crippen LogP contribution in [0.25, 0.3) is 5.57 Å². The number of hydrogen-bond acceptors (Lipinski definition) is 5. The highest BCUT2D eigenvalue weighted by Crippen LogP contribution is 2.27. The van der Waals surface area contributed by atoms with E-state index in [2.05, 4.69) is 96.3 Å². The minimum absolute atomic E-state index is 0.0135. The molecule has 6 heteroatoms. The molecule has 1 aliphatic heterocycles. The summed E-state index contributed by atoms with van der Waals surface area (Å²) < 4.78 is 0. The van der Waals surface area contributed by atoms with E-state index < -0.39 is 0 Å². The summed E-state index contributed by atoms with van der Waals surface area (Å²) in [6.45, 7) is 26.9. The number of benzene rings is 2. The molecule has 0 radical (unpaired) electrons. The minimum Gasteiger partial charge on any atom is -0.380 e. The molecule has 1 atom stereocenters. The van der Waals surface area contributed by atoms with Crippen molar-refractivity contribution in [2.24, 2.45) is 9.98 Å². The molecule has 1 aliphatic rings. The summed E-state index contributed by atoms with van der Waals surface area (Å²) in [6.07, 6.45) is 11.9. The SMILES string of the molecule is C#C.C=C1CCc2ccc(CNC(=C)C(/C=C(\C)C(=C)N[C@H](C)c3ccc(C(=C)C#N)cc3)=NC(C)=NC)cc2N1.CC. The maximum Gasteiger partial charge on any atom is 0.120 e. The standard InChI is InChI=1S/C33H38N6.C2H6.C2H2/c1-21(24(4)38-25(5)30-15-13-29(14-16-30)22(2)19-34)17-32(39-27(7)35-8)26(6)36-20-28-10-12-31-11-9-23(3)37-33(31)18-28;2*1-2/h10,12-18,25,36-38H,2-4,6,9,11,20H2,1,5,7-8H3;1-2H3;1-2H/b21-17+,35-27?,39-32?;;/t25-;;/m1../s1. The molecule has 0 aromatic heterocycles. The molecule has 0 amide bonds. The van der Waals surface area contributed by atoms with E-state index in [4.69, 9.17) is 5.26 Å². The lowest BCUT2D eigenvalue weighted by Gasteiger charge is -2.21.